The average molecular weight is 316 g/mol. The molecule has 2 aromatic carbocycles. The highest BCUT2D eigenvalue weighted by Crippen LogP contribution is 2.23. The molecule has 2 N–H and O–H groups in total. The minimum absolute atomic E-state index is 0.243. The van der Waals surface area contributed by atoms with E-state index in [1.165, 1.54) is 13.2 Å². The second-order valence-electron chi connectivity index (χ2n) is 4.65. The van der Waals surface area contributed by atoms with E-state index in [0.717, 1.165) is 10.6 Å². The Balaban J connectivity index is 2.25. The summed E-state index contributed by atoms with van der Waals surface area (Å²) in [6.45, 7) is 1.87. The number of hydrogen-bond donors (Lipinski definition) is 2. The first-order valence-corrected chi connectivity index (χ1v) is 6.72. The van der Waals surface area contributed by atoms with Gasteiger partial charge in [-0.15, -0.1) is 5.06 Å². The minimum atomic E-state index is -1.29. The molecule has 0 saturated carbocycles. The minimum Gasteiger partial charge on any atom is -0.463 e. The number of nitrogens with zero attached hydrogens (tertiary/aromatic N) is 1. The Morgan fingerprint density at radius 3 is 2.52 bits per heavy atom. The fourth-order valence-electron chi connectivity index (χ4n) is 1.86. The van der Waals surface area contributed by atoms with Crippen LogP contribution < -0.4 is 15.2 Å². The van der Waals surface area contributed by atoms with E-state index in [0.29, 0.717) is 11.4 Å². The first-order chi connectivity index (χ1) is 11.0. The largest absolute Gasteiger partial charge is 0.463 e. The summed E-state index contributed by atoms with van der Waals surface area (Å²) in [7, 11) is 1.24. The third-order valence-electron chi connectivity index (χ3n) is 2.87. The topological polar surface area (TPSA) is 88.1 Å². The highest BCUT2D eigenvalue weighted by Gasteiger charge is 2.18. The molecule has 0 heterocycles. The van der Waals surface area contributed by atoms with Gasteiger partial charge in [0.1, 0.15) is 0 Å². The maximum absolute atomic E-state index is 11.5. The molecule has 7 nitrogen and oxygen atoms in total. The predicted octanol–water partition coefficient (Wildman–Crippen LogP) is 3.65. The van der Waals surface area contributed by atoms with E-state index in [2.05, 4.69) is 10.1 Å². The van der Waals surface area contributed by atoms with E-state index in [-0.39, 0.29) is 5.69 Å². The van der Waals surface area contributed by atoms with Crippen molar-refractivity contribution < 1.29 is 24.3 Å². The second-order valence-corrected chi connectivity index (χ2v) is 4.65. The zero-order chi connectivity index (χ0) is 16.8. The quantitative estimate of drug-likeness (QED) is 0.841. The van der Waals surface area contributed by atoms with Crippen LogP contribution in [0, 0.1) is 6.92 Å². The van der Waals surface area contributed by atoms with Crippen LogP contribution in [0.1, 0.15) is 5.56 Å². The van der Waals surface area contributed by atoms with Crippen LogP contribution in [0.15, 0.2) is 48.5 Å². The van der Waals surface area contributed by atoms with Crippen LogP contribution in [-0.2, 0) is 4.74 Å². The fourth-order valence-corrected chi connectivity index (χ4v) is 1.86. The smallest absolute Gasteiger partial charge is 0.445 e. The van der Waals surface area contributed by atoms with Gasteiger partial charge >= 0.3 is 12.2 Å². The monoisotopic (exact) mass is 316 g/mol. The number of rotatable bonds is 4. The summed E-state index contributed by atoms with van der Waals surface area (Å²) in [5, 5.41) is 12.5. The molecule has 0 atom stereocenters. The fraction of sp³-hybridized carbons (Fsp3) is 0.125. The third-order valence-corrected chi connectivity index (χ3v) is 2.87. The molecular weight excluding hydrogens is 300 g/mol. The normalized spacial score (nSPS) is 9.83. The van der Waals surface area contributed by atoms with E-state index in [1.807, 2.05) is 13.0 Å². The summed E-state index contributed by atoms with van der Waals surface area (Å²) in [5.74, 6) is 0.388. The number of aryl methyl sites for hydroxylation is 1. The predicted molar refractivity (Wildman–Crippen MR) is 84.8 cm³/mol. The number of carboxylic acid groups (broad SMARTS) is 1. The summed E-state index contributed by atoms with van der Waals surface area (Å²) < 4.78 is 4.50. The molecule has 0 unspecified atom stereocenters. The summed E-state index contributed by atoms with van der Waals surface area (Å²) in [6.07, 6.45) is -1.94. The first-order valence-electron chi connectivity index (χ1n) is 6.72. The van der Waals surface area contributed by atoms with Crippen LogP contribution >= 0.6 is 0 Å². The maximum atomic E-state index is 11.5. The Morgan fingerprint density at radius 1 is 1.13 bits per heavy atom. The lowest BCUT2D eigenvalue weighted by molar-refractivity contribution is 0.168. The van der Waals surface area contributed by atoms with Gasteiger partial charge in [-0.2, -0.15) is 0 Å². The van der Waals surface area contributed by atoms with Crippen LogP contribution in [0.4, 0.5) is 21.0 Å². The van der Waals surface area contributed by atoms with E-state index in [4.69, 9.17) is 4.84 Å². The Bertz CT molecular complexity index is 717. The van der Waals surface area contributed by atoms with Crippen molar-refractivity contribution in [2.24, 2.45) is 0 Å². The van der Waals surface area contributed by atoms with Crippen LogP contribution in [0.25, 0.3) is 0 Å². The van der Waals surface area contributed by atoms with Crippen molar-refractivity contribution in [1.29, 1.82) is 0 Å². The highest BCUT2D eigenvalue weighted by molar-refractivity contribution is 5.88. The lowest BCUT2D eigenvalue weighted by atomic mass is 10.2. The number of benzene rings is 2. The van der Waals surface area contributed by atoms with Gasteiger partial charge in [-0.25, -0.2) is 9.59 Å². The van der Waals surface area contributed by atoms with Crippen LogP contribution in [0.5, 0.6) is 5.75 Å². The molecule has 0 aliphatic heterocycles. The van der Waals surface area contributed by atoms with Gasteiger partial charge in [0.15, 0.2) is 5.75 Å². The van der Waals surface area contributed by atoms with E-state index >= 15 is 0 Å². The van der Waals surface area contributed by atoms with Crippen molar-refractivity contribution in [2.45, 2.75) is 6.92 Å². The molecule has 2 aromatic rings. The van der Waals surface area contributed by atoms with E-state index in [9.17, 15) is 14.7 Å². The molecule has 2 amide bonds. The van der Waals surface area contributed by atoms with Crippen LogP contribution in [0.2, 0.25) is 0 Å². The second kappa shape index (κ2) is 7.17. The molecule has 23 heavy (non-hydrogen) atoms. The van der Waals surface area contributed by atoms with Gasteiger partial charge in [0.2, 0.25) is 0 Å². The molecule has 0 aromatic heterocycles. The number of methoxy groups -OCH3 is 1. The molecule has 0 fully saturated rings. The summed E-state index contributed by atoms with van der Waals surface area (Å²) in [6, 6.07) is 13.2. The molecule has 120 valence electrons. The summed E-state index contributed by atoms with van der Waals surface area (Å²) in [5.41, 5.74) is 1.57. The Kier molecular flexibility index (Phi) is 5.03. The number of ether oxygens (including phenoxy) is 1. The highest BCUT2D eigenvalue weighted by atomic mass is 16.7. The van der Waals surface area contributed by atoms with E-state index < -0.39 is 12.2 Å². The summed E-state index contributed by atoms with van der Waals surface area (Å²) in [4.78, 5) is 28.1. The lowest BCUT2D eigenvalue weighted by Gasteiger charge is -2.20. The standard InChI is InChI=1S/C16H16N2O5/c1-11-5-3-8-14(9-11)23-18(16(20)21)13-7-4-6-12(10-13)17-15(19)22-2/h3-10H,1-2H3,(H,17,19)(H,20,21). The van der Waals surface area contributed by atoms with Crippen molar-refractivity contribution in [3.8, 4) is 5.75 Å². The lowest BCUT2D eigenvalue weighted by Crippen LogP contribution is -2.32. The number of amides is 2. The van der Waals surface area contributed by atoms with Gasteiger partial charge in [-0.3, -0.25) is 5.32 Å². The Labute approximate surface area is 133 Å². The molecule has 0 spiro atoms. The maximum Gasteiger partial charge on any atom is 0.445 e. The van der Waals surface area contributed by atoms with Crippen molar-refractivity contribution in [3.63, 3.8) is 0 Å². The number of hydrogen-bond acceptors (Lipinski definition) is 4. The summed E-state index contributed by atoms with van der Waals surface area (Å²) >= 11 is 0. The van der Waals surface area contributed by atoms with Gasteiger partial charge in [-0.1, -0.05) is 18.2 Å². The van der Waals surface area contributed by atoms with Gasteiger partial charge < -0.3 is 14.7 Å². The molecule has 0 aliphatic carbocycles. The number of hydroxylamine groups is 1. The van der Waals surface area contributed by atoms with Crippen molar-refractivity contribution in [1.82, 2.24) is 0 Å². The molecule has 0 aliphatic rings. The molecule has 0 radical (unpaired) electrons. The van der Waals surface area contributed by atoms with E-state index in [1.54, 1.807) is 36.4 Å². The van der Waals surface area contributed by atoms with Crippen molar-refractivity contribution in [2.75, 3.05) is 17.5 Å². The number of carbonyl (C=O) groups is 2. The molecular formula is C16H16N2O5. The Morgan fingerprint density at radius 2 is 1.87 bits per heavy atom. The Hall–Kier alpha value is -3.22. The third kappa shape index (κ3) is 4.37. The van der Waals surface area contributed by atoms with Gasteiger partial charge in [0.05, 0.1) is 12.8 Å². The number of anilines is 2. The first kappa shape index (κ1) is 16.2. The van der Waals surface area contributed by atoms with Crippen LogP contribution in [-0.4, -0.2) is 24.4 Å². The zero-order valence-electron chi connectivity index (χ0n) is 12.6. The van der Waals surface area contributed by atoms with Crippen molar-refractivity contribution >= 4 is 23.6 Å². The zero-order valence-corrected chi connectivity index (χ0v) is 12.6. The number of carbonyl (C=O) groups excluding carboxylic acids is 1. The van der Waals surface area contributed by atoms with Crippen molar-refractivity contribution in [3.05, 3.63) is 54.1 Å². The molecule has 2 rings (SSSR count). The molecule has 0 bridgehead atoms. The number of nitrogens with one attached hydrogen (secondary N) is 1. The molecule has 0 saturated heterocycles. The van der Waals surface area contributed by atoms with Crippen LogP contribution in [0.3, 0.4) is 0 Å². The molecule has 7 heteroatoms. The van der Waals surface area contributed by atoms with Gasteiger partial charge in [0.25, 0.3) is 0 Å². The van der Waals surface area contributed by atoms with Gasteiger partial charge in [0, 0.05) is 5.69 Å². The van der Waals surface area contributed by atoms with Gasteiger partial charge in [-0.05, 0) is 42.8 Å². The SMILES string of the molecule is COC(=O)Nc1cccc(N(Oc2cccc(C)c2)C(=O)O)c1. The average Bonchev–Trinajstić information content (AvgIpc) is 2.52.